The van der Waals surface area contributed by atoms with E-state index in [1.165, 1.54) is 29.0 Å². The van der Waals surface area contributed by atoms with Gasteiger partial charge in [-0.15, -0.1) is 6.07 Å². The topological polar surface area (TPSA) is 0 Å². The van der Waals surface area contributed by atoms with E-state index in [1.807, 2.05) is 116 Å². The van der Waals surface area contributed by atoms with Crippen molar-refractivity contribution in [2.45, 2.75) is 181 Å². The predicted octanol–water partition coefficient (Wildman–Crippen LogP) is 21.0. The van der Waals surface area contributed by atoms with E-state index in [4.69, 9.17) is 19.7 Å². The van der Waals surface area contributed by atoms with Crippen LogP contribution in [0, 0.1) is 47.5 Å². The molecule has 0 aliphatic carbocycles. The van der Waals surface area contributed by atoms with Crippen LogP contribution in [0.4, 0.5) is 0 Å². The standard InChI is InChI=1S/C10H8.C8H6.C6H6.4C5H12.C4H4.4C2H6.2CH4.2W/c1-2-6-10-8-4-3-7-9(10)5-1;1-2-8-6-4-3-5-7-8;1-2-4-6-5-3-1;4*1-5(2,3)4;1-3-4-2;4*1-2;;;;/h1-8H;1-6H;1-6H;4*1-4H3;1-4H;4*1-2H3;2*1H4;;/q;-2;;;;;;-2;;;;;;;2*+2. The zero-order chi connectivity index (χ0) is 46.3. The van der Waals surface area contributed by atoms with Crippen LogP contribution in [0.25, 0.3) is 16.8 Å². The van der Waals surface area contributed by atoms with E-state index < -0.39 is 0 Å². The van der Waals surface area contributed by atoms with Gasteiger partial charge in [0, 0.05) is 0 Å². The maximum Gasteiger partial charge on any atom is 2.00 e. The SMILES string of the molecule is C.C.CC.CC.CC.CC.CC(C)(C)C.CC(C)(C)C.CC(C)(C)C.CC(C)(C)C.[CH-]=CC=[CH-].[CH-]=Cc1[c-]cccc1.[W+2].[W+2].c1ccc2ccccc2c1.c1ccccc1. The van der Waals surface area contributed by atoms with Crippen LogP contribution in [0.3, 0.4) is 0 Å². The van der Waals surface area contributed by atoms with Gasteiger partial charge in [0.2, 0.25) is 0 Å². The average molecular weight is 1170 g/mol. The van der Waals surface area contributed by atoms with Gasteiger partial charge in [0.05, 0.1) is 0 Å². The first-order valence-electron chi connectivity index (χ1n) is 20.9. The minimum Gasteiger partial charge on any atom is -0.394 e. The quantitative estimate of drug-likeness (QED) is 0.139. The molecule has 0 heterocycles. The summed E-state index contributed by atoms with van der Waals surface area (Å²) in [5, 5.41) is 2.62. The molecule has 4 rings (SSSR count). The maximum absolute atomic E-state index is 5.19. The molecule has 0 N–H and O–H groups in total. The first-order chi connectivity index (χ1) is 25.8. The van der Waals surface area contributed by atoms with Crippen LogP contribution in [0.2, 0.25) is 0 Å². The molecule has 4 aromatic rings. The molecule has 0 aliphatic heterocycles. The normalized spacial score (nSPS) is 8.33. The molecule has 0 aromatic heterocycles. The summed E-state index contributed by atoms with van der Waals surface area (Å²) in [4.78, 5) is 0. The predicted molar refractivity (Wildman–Crippen MR) is 282 cm³/mol. The monoisotopic (exact) mass is 1170 g/mol. The van der Waals surface area contributed by atoms with Crippen molar-refractivity contribution in [3.05, 3.63) is 153 Å². The number of benzene rings is 4. The Labute approximate surface area is 411 Å². The van der Waals surface area contributed by atoms with Gasteiger partial charge >= 0.3 is 42.1 Å². The molecule has 2 heteroatoms. The molecular weight excluding hydrogens is 1060 g/mol. The number of hydrogen-bond donors (Lipinski definition) is 0. The zero-order valence-corrected chi connectivity index (χ0v) is 48.5. The fraction of sp³-hybridized carbons (Fsp3) is 0.517. The van der Waals surface area contributed by atoms with E-state index in [1.54, 1.807) is 0 Å². The van der Waals surface area contributed by atoms with E-state index in [0.717, 1.165) is 5.56 Å². The smallest absolute Gasteiger partial charge is 0.394 e. The van der Waals surface area contributed by atoms with Gasteiger partial charge < -0.3 is 43.5 Å². The Morgan fingerprint density at radius 1 is 0.350 bits per heavy atom. The fourth-order valence-corrected chi connectivity index (χ4v) is 2.03. The van der Waals surface area contributed by atoms with Crippen LogP contribution < -0.4 is 0 Å². The molecule has 4 aromatic carbocycles. The third-order valence-corrected chi connectivity index (χ3v) is 3.35. The van der Waals surface area contributed by atoms with Gasteiger partial charge in [-0.25, -0.2) is 12.1 Å². The number of allylic oxidation sites excluding steroid dienone is 2. The van der Waals surface area contributed by atoms with Gasteiger partial charge in [-0.05, 0) is 32.4 Å². The Balaban J connectivity index is -0.0000000431. The summed E-state index contributed by atoms with van der Waals surface area (Å²) >= 11 is 0. The van der Waals surface area contributed by atoms with Crippen molar-refractivity contribution in [2.75, 3.05) is 0 Å². The van der Waals surface area contributed by atoms with Crippen LogP contribution in [-0.4, -0.2) is 0 Å². The Hall–Kier alpha value is -2.26. The molecule has 0 spiro atoms. The molecule has 0 bridgehead atoms. The summed E-state index contributed by atoms with van der Waals surface area (Å²) in [6, 6.07) is 39.2. The molecule has 0 saturated carbocycles. The van der Waals surface area contributed by atoms with E-state index in [-0.39, 0.29) is 57.0 Å². The van der Waals surface area contributed by atoms with Gasteiger partial charge in [0.15, 0.2) is 0 Å². The second-order valence-corrected chi connectivity index (χ2v) is 17.4. The molecule has 0 saturated heterocycles. The fourth-order valence-electron chi connectivity index (χ4n) is 2.03. The largest absolute Gasteiger partial charge is 2.00 e. The van der Waals surface area contributed by atoms with Crippen LogP contribution >= 0.6 is 0 Å². The number of fused-ring (bicyclic) bond motifs is 1. The van der Waals surface area contributed by atoms with Gasteiger partial charge in [-0.1, -0.05) is 266 Å². The number of rotatable bonds is 2. The molecule has 348 valence electrons. The molecule has 0 unspecified atom stereocenters. The van der Waals surface area contributed by atoms with Gasteiger partial charge in [0.1, 0.15) is 0 Å². The summed E-state index contributed by atoms with van der Waals surface area (Å²) in [6.45, 7) is 65.6. The summed E-state index contributed by atoms with van der Waals surface area (Å²) < 4.78 is 0. The Kier molecular flexibility index (Phi) is 93.8. The minimum absolute atomic E-state index is 0. The first kappa shape index (κ1) is 88.8. The van der Waals surface area contributed by atoms with Crippen LogP contribution in [-0.2, 0) is 42.1 Å². The van der Waals surface area contributed by atoms with E-state index in [0.29, 0.717) is 21.7 Å². The van der Waals surface area contributed by atoms with E-state index in [2.05, 4.69) is 165 Å². The molecule has 0 amide bonds. The van der Waals surface area contributed by atoms with Crippen molar-refractivity contribution >= 4 is 16.8 Å². The third kappa shape index (κ3) is 156. The van der Waals surface area contributed by atoms with E-state index >= 15 is 0 Å². The molecule has 0 fully saturated rings. The van der Waals surface area contributed by atoms with Crippen LogP contribution in [0.1, 0.15) is 187 Å². The Bertz CT molecular complexity index is 1090. The van der Waals surface area contributed by atoms with Crippen molar-refractivity contribution in [1.29, 1.82) is 0 Å². The van der Waals surface area contributed by atoms with Gasteiger partial charge in [-0.2, -0.15) is 12.1 Å². The second kappa shape index (κ2) is 63.4. The molecular formula is C58H104W2. The van der Waals surface area contributed by atoms with Crippen molar-refractivity contribution < 1.29 is 42.1 Å². The average Bonchev–Trinajstić information content (AvgIpc) is 3.14. The van der Waals surface area contributed by atoms with Crippen LogP contribution in [0.5, 0.6) is 0 Å². The van der Waals surface area contributed by atoms with E-state index in [9.17, 15) is 0 Å². The van der Waals surface area contributed by atoms with Crippen molar-refractivity contribution in [3.63, 3.8) is 0 Å². The zero-order valence-electron chi connectivity index (χ0n) is 42.7. The maximum atomic E-state index is 5.19. The Morgan fingerprint density at radius 2 is 0.533 bits per heavy atom. The molecule has 0 radical (unpaired) electrons. The number of hydrogen-bond acceptors (Lipinski definition) is 0. The minimum atomic E-state index is 0. The molecule has 0 atom stereocenters. The first-order valence-corrected chi connectivity index (χ1v) is 20.9. The summed E-state index contributed by atoms with van der Waals surface area (Å²) in [7, 11) is 0. The van der Waals surface area contributed by atoms with Gasteiger partial charge in [-0.3, -0.25) is 0 Å². The van der Waals surface area contributed by atoms with Crippen molar-refractivity contribution in [1.82, 2.24) is 0 Å². The summed E-state index contributed by atoms with van der Waals surface area (Å²) in [6.07, 6.45) is 4.08. The third-order valence-electron chi connectivity index (χ3n) is 3.35. The van der Waals surface area contributed by atoms with Gasteiger partial charge in [0.25, 0.3) is 0 Å². The van der Waals surface area contributed by atoms with Crippen LogP contribution in [0.15, 0.2) is 121 Å². The van der Waals surface area contributed by atoms with Crippen molar-refractivity contribution in [2.24, 2.45) is 21.7 Å². The molecule has 60 heavy (non-hydrogen) atoms. The second-order valence-electron chi connectivity index (χ2n) is 17.4. The molecule has 0 aliphatic rings. The summed E-state index contributed by atoms with van der Waals surface area (Å²) in [5.74, 6) is 0. The molecule has 0 nitrogen and oxygen atoms in total. The Morgan fingerprint density at radius 3 is 0.650 bits per heavy atom. The summed E-state index contributed by atoms with van der Waals surface area (Å²) in [5.41, 5.74) is 2.94. The van der Waals surface area contributed by atoms with Crippen molar-refractivity contribution in [3.8, 4) is 0 Å².